The Morgan fingerprint density at radius 3 is 2.54 bits per heavy atom. The number of ether oxygens (including phenoxy) is 3. The second-order valence-electron chi connectivity index (χ2n) is 9.19. The summed E-state index contributed by atoms with van der Waals surface area (Å²) in [5.74, 6) is -2.72. The number of fused-ring (bicyclic) bond motifs is 3. The van der Waals surface area contributed by atoms with Gasteiger partial charge in [-0.2, -0.15) is 13.2 Å². The van der Waals surface area contributed by atoms with Gasteiger partial charge in [0.25, 0.3) is 0 Å². The third-order valence-corrected chi connectivity index (χ3v) is 6.80. The average molecular weight is 595 g/mol. The van der Waals surface area contributed by atoms with Gasteiger partial charge in [0.05, 0.1) is 39.3 Å². The molecular formula is C27H26ClF3N4O6. The number of esters is 1. The molecule has 0 aliphatic carbocycles. The molecule has 3 aromatic rings. The van der Waals surface area contributed by atoms with Crippen LogP contribution in [0.1, 0.15) is 59.8 Å². The molecule has 1 N–H and O–H groups in total. The summed E-state index contributed by atoms with van der Waals surface area (Å²) in [4.78, 5) is 36.3. The van der Waals surface area contributed by atoms with Crippen LogP contribution in [-0.4, -0.2) is 53.2 Å². The van der Waals surface area contributed by atoms with Gasteiger partial charge in [0.2, 0.25) is 11.7 Å². The summed E-state index contributed by atoms with van der Waals surface area (Å²) < 4.78 is 59.4. The second kappa shape index (κ2) is 12.3. The lowest BCUT2D eigenvalue weighted by molar-refractivity contribution is -0.146. The van der Waals surface area contributed by atoms with Crippen molar-refractivity contribution in [3.63, 3.8) is 0 Å². The molecule has 2 heterocycles. The maximum Gasteiger partial charge on any atom is 0.452 e. The van der Waals surface area contributed by atoms with Gasteiger partial charge in [0.1, 0.15) is 18.0 Å². The average Bonchev–Trinajstić information content (AvgIpc) is 3.34. The summed E-state index contributed by atoms with van der Waals surface area (Å²) in [5, 5.41) is 9.85. The van der Waals surface area contributed by atoms with Crippen LogP contribution in [-0.2, 0) is 30.0 Å². The molecule has 218 valence electrons. The maximum absolute atomic E-state index is 14.1. The van der Waals surface area contributed by atoms with E-state index in [-0.39, 0.29) is 29.4 Å². The van der Waals surface area contributed by atoms with Gasteiger partial charge in [-0.3, -0.25) is 19.0 Å². The van der Waals surface area contributed by atoms with Crippen molar-refractivity contribution in [1.29, 1.82) is 0 Å². The number of ketones is 1. The number of alkyl halides is 3. The highest BCUT2D eigenvalue weighted by Gasteiger charge is 2.43. The van der Waals surface area contributed by atoms with Crippen molar-refractivity contribution in [3.05, 3.63) is 69.8 Å². The summed E-state index contributed by atoms with van der Waals surface area (Å²) in [6.45, 7) is 1.38. The van der Waals surface area contributed by atoms with E-state index >= 15 is 0 Å². The highest BCUT2D eigenvalue weighted by atomic mass is 35.5. The van der Waals surface area contributed by atoms with Gasteiger partial charge in [-0.15, -0.1) is 10.2 Å². The minimum Gasteiger partial charge on any atom is -0.496 e. The van der Waals surface area contributed by atoms with E-state index in [1.54, 1.807) is 25.1 Å². The molecule has 0 bridgehead atoms. The molecule has 0 spiro atoms. The number of nitrogens with zero attached hydrogens (tertiary/aromatic N) is 3. The first kappa shape index (κ1) is 30.0. The maximum atomic E-state index is 14.1. The van der Waals surface area contributed by atoms with E-state index in [1.165, 1.54) is 32.4 Å². The fraction of sp³-hybridized carbons (Fsp3) is 0.370. The Labute approximate surface area is 237 Å². The molecule has 4 rings (SSSR count). The van der Waals surface area contributed by atoms with E-state index in [0.29, 0.717) is 22.4 Å². The molecule has 0 saturated carbocycles. The van der Waals surface area contributed by atoms with Gasteiger partial charge in [0.15, 0.2) is 11.6 Å². The van der Waals surface area contributed by atoms with Gasteiger partial charge in [-0.25, -0.2) is 0 Å². The number of carbonyl (C=O) groups excluding carboxylic acids is 3. The Morgan fingerprint density at radius 2 is 1.85 bits per heavy atom. The molecule has 2 aromatic carbocycles. The predicted molar refractivity (Wildman–Crippen MR) is 139 cm³/mol. The molecule has 0 unspecified atom stereocenters. The standard InChI is InChI=1S/C27H26ClF3N4O6/c1-14-17(5-4-6-20(14)39-2)24-18-11-15(28)7-9-19(18)35-25(33-34-26(35)27(29,30)31)21(41-24)12-22(37)32-13-16(36)8-10-23(38)40-3/h4-7,9,11,21,24H,8,10,12-13H2,1-3H3,(H,32,37)/t21-,24-/m1/s1. The molecule has 0 radical (unpaired) electrons. The number of rotatable bonds is 9. The third kappa shape index (κ3) is 6.51. The molecule has 1 aliphatic rings. The first-order valence-electron chi connectivity index (χ1n) is 12.4. The Kier molecular flexibility index (Phi) is 8.98. The number of Topliss-reactive ketones (excluding diaryl/α,β-unsaturated/α-hetero) is 1. The predicted octanol–water partition coefficient (Wildman–Crippen LogP) is 4.45. The van der Waals surface area contributed by atoms with Crippen LogP contribution in [0.2, 0.25) is 5.02 Å². The number of nitrogens with one attached hydrogen (secondary N) is 1. The van der Waals surface area contributed by atoms with Gasteiger partial charge < -0.3 is 19.5 Å². The molecule has 1 amide bonds. The monoisotopic (exact) mass is 594 g/mol. The first-order chi connectivity index (χ1) is 19.4. The lowest BCUT2D eigenvalue weighted by atomic mass is 9.95. The largest absolute Gasteiger partial charge is 0.496 e. The van der Waals surface area contributed by atoms with Crippen LogP contribution in [0.4, 0.5) is 13.2 Å². The lowest BCUT2D eigenvalue weighted by Crippen LogP contribution is -2.31. The number of methoxy groups -OCH3 is 2. The van der Waals surface area contributed by atoms with E-state index in [2.05, 4.69) is 20.3 Å². The Morgan fingerprint density at radius 1 is 1.10 bits per heavy atom. The molecule has 41 heavy (non-hydrogen) atoms. The molecule has 2 atom stereocenters. The number of aromatic nitrogens is 3. The Hall–Kier alpha value is -3.97. The molecular weight excluding hydrogens is 569 g/mol. The number of hydrogen-bond donors (Lipinski definition) is 1. The minimum absolute atomic E-state index is 0.0786. The van der Waals surface area contributed by atoms with Crippen LogP contribution in [0.3, 0.4) is 0 Å². The van der Waals surface area contributed by atoms with Crippen LogP contribution in [0.25, 0.3) is 5.69 Å². The van der Waals surface area contributed by atoms with Crippen molar-refractivity contribution in [2.24, 2.45) is 0 Å². The first-order valence-corrected chi connectivity index (χ1v) is 12.8. The number of carbonyl (C=O) groups is 3. The van der Waals surface area contributed by atoms with Gasteiger partial charge in [-0.05, 0) is 42.3 Å². The van der Waals surface area contributed by atoms with Crippen molar-refractivity contribution in [1.82, 2.24) is 20.1 Å². The Bertz CT molecular complexity index is 1480. The van der Waals surface area contributed by atoms with E-state index in [9.17, 15) is 27.6 Å². The molecule has 1 aromatic heterocycles. The lowest BCUT2D eigenvalue weighted by Gasteiger charge is -2.24. The quantitative estimate of drug-likeness (QED) is 0.361. The van der Waals surface area contributed by atoms with Crippen molar-refractivity contribution in [2.75, 3.05) is 20.8 Å². The molecule has 1 aliphatic heterocycles. The third-order valence-electron chi connectivity index (χ3n) is 6.56. The number of halogens is 4. The van der Waals surface area contributed by atoms with Crippen LogP contribution in [0.5, 0.6) is 5.75 Å². The van der Waals surface area contributed by atoms with Crippen molar-refractivity contribution < 1.29 is 41.8 Å². The van der Waals surface area contributed by atoms with Gasteiger partial charge in [0, 0.05) is 17.0 Å². The normalized spacial score (nSPS) is 16.3. The molecule has 0 fully saturated rings. The van der Waals surface area contributed by atoms with Gasteiger partial charge >= 0.3 is 12.1 Å². The number of hydrogen-bond acceptors (Lipinski definition) is 8. The summed E-state index contributed by atoms with van der Waals surface area (Å²) in [7, 11) is 2.68. The smallest absolute Gasteiger partial charge is 0.452 e. The van der Waals surface area contributed by atoms with E-state index in [0.717, 1.165) is 4.57 Å². The van der Waals surface area contributed by atoms with Crippen molar-refractivity contribution >= 4 is 29.3 Å². The molecule has 14 heteroatoms. The fourth-order valence-corrected chi connectivity index (χ4v) is 4.73. The summed E-state index contributed by atoms with van der Waals surface area (Å²) in [6, 6.07) is 9.52. The van der Waals surface area contributed by atoms with Crippen molar-refractivity contribution in [3.8, 4) is 11.4 Å². The zero-order valence-corrected chi connectivity index (χ0v) is 23.0. The summed E-state index contributed by atoms with van der Waals surface area (Å²) >= 11 is 6.29. The minimum atomic E-state index is -4.88. The molecule has 0 saturated heterocycles. The van der Waals surface area contributed by atoms with E-state index < -0.39 is 54.8 Å². The van der Waals surface area contributed by atoms with Crippen molar-refractivity contribution in [2.45, 2.75) is 44.6 Å². The number of benzene rings is 2. The topological polar surface area (TPSA) is 122 Å². The van der Waals surface area contributed by atoms with Crippen LogP contribution in [0.15, 0.2) is 36.4 Å². The summed E-state index contributed by atoms with van der Waals surface area (Å²) in [6.07, 6.45) is -7.97. The highest BCUT2D eigenvalue weighted by Crippen LogP contribution is 2.45. The van der Waals surface area contributed by atoms with E-state index in [4.69, 9.17) is 21.1 Å². The van der Waals surface area contributed by atoms with Crippen LogP contribution < -0.4 is 10.1 Å². The highest BCUT2D eigenvalue weighted by molar-refractivity contribution is 6.30. The van der Waals surface area contributed by atoms with Crippen LogP contribution in [0, 0.1) is 6.92 Å². The Balaban J connectivity index is 1.74. The van der Waals surface area contributed by atoms with Crippen LogP contribution >= 0.6 is 11.6 Å². The molecule has 10 nitrogen and oxygen atoms in total. The number of amides is 1. The SMILES string of the molecule is COC(=O)CCC(=O)CNC(=O)C[C@H]1O[C@H](c2cccc(OC)c2C)c2cc(Cl)ccc2-n2c1nnc2C(F)(F)F. The fourth-order valence-electron chi connectivity index (χ4n) is 4.55. The zero-order chi connectivity index (χ0) is 29.9. The zero-order valence-electron chi connectivity index (χ0n) is 22.3. The summed E-state index contributed by atoms with van der Waals surface area (Å²) in [5.41, 5.74) is 1.61. The van der Waals surface area contributed by atoms with E-state index in [1.807, 2.05) is 0 Å². The van der Waals surface area contributed by atoms with Gasteiger partial charge in [-0.1, -0.05) is 23.7 Å². The second-order valence-corrected chi connectivity index (χ2v) is 9.63.